The Balaban J connectivity index is 1.77. The average Bonchev–Trinajstić information content (AvgIpc) is 3.02. The zero-order chi connectivity index (χ0) is 15.9. The van der Waals surface area contributed by atoms with E-state index in [0.717, 1.165) is 22.6 Å². The van der Waals surface area contributed by atoms with Gasteiger partial charge >= 0.3 is 0 Å². The van der Waals surface area contributed by atoms with Gasteiger partial charge in [0.2, 0.25) is 10.0 Å². The van der Waals surface area contributed by atoms with Gasteiger partial charge in [-0.05, 0) is 36.6 Å². The second-order valence-corrected chi connectivity index (χ2v) is 7.83. The van der Waals surface area contributed by atoms with Gasteiger partial charge in [-0.15, -0.1) is 0 Å². The van der Waals surface area contributed by atoms with Crippen molar-refractivity contribution in [3.63, 3.8) is 0 Å². The molecule has 22 heavy (non-hydrogen) atoms. The Bertz CT molecular complexity index is 784. The maximum absolute atomic E-state index is 13.7. The summed E-state index contributed by atoms with van der Waals surface area (Å²) in [6.07, 6.45) is 1.11. The van der Waals surface area contributed by atoms with Crippen LogP contribution in [0.25, 0.3) is 0 Å². The van der Waals surface area contributed by atoms with Gasteiger partial charge in [-0.2, -0.15) is 4.31 Å². The van der Waals surface area contributed by atoms with E-state index in [1.165, 1.54) is 25.2 Å². The van der Waals surface area contributed by atoms with Gasteiger partial charge in [-0.1, -0.05) is 19.1 Å². The van der Waals surface area contributed by atoms with Gasteiger partial charge in [-0.25, -0.2) is 12.8 Å². The predicted octanol–water partition coefficient (Wildman–Crippen LogP) is 3.36. The fourth-order valence-electron chi connectivity index (χ4n) is 2.52. The average molecular weight is 323 g/mol. The first kappa shape index (κ1) is 15.2. The number of furan rings is 1. The summed E-state index contributed by atoms with van der Waals surface area (Å²) in [5.74, 6) is 1.79. The monoisotopic (exact) mass is 323 g/mol. The molecule has 1 heterocycles. The number of rotatable bonds is 5. The van der Waals surface area contributed by atoms with Crippen molar-refractivity contribution >= 4 is 10.0 Å². The standard InChI is InChI=1S/C16H18FNO3S/c1-11-9-13(11)15-8-7-12(21-15)10-18(2)22(19,20)16-6-4-3-5-14(16)17/h3-8,11,13H,9-10H2,1-2H3/t11-,13+/m0/s1. The molecule has 1 fully saturated rings. The van der Waals surface area contributed by atoms with Gasteiger partial charge in [0.15, 0.2) is 0 Å². The van der Waals surface area contributed by atoms with Crippen molar-refractivity contribution in [2.45, 2.75) is 30.7 Å². The Morgan fingerprint density at radius 1 is 1.27 bits per heavy atom. The van der Waals surface area contributed by atoms with E-state index in [1.54, 1.807) is 6.07 Å². The lowest BCUT2D eigenvalue weighted by atomic mass is 10.3. The minimum absolute atomic E-state index is 0.0811. The highest BCUT2D eigenvalue weighted by molar-refractivity contribution is 7.89. The molecule has 0 aliphatic heterocycles. The summed E-state index contributed by atoms with van der Waals surface area (Å²) in [6, 6.07) is 9.05. The van der Waals surface area contributed by atoms with Crippen LogP contribution in [-0.2, 0) is 16.6 Å². The Morgan fingerprint density at radius 3 is 2.59 bits per heavy atom. The molecule has 3 rings (SSSR count). The molecule has 1 aliphatic rings. The number of hydrogen-bond donors (Lipinski definition) is 0. The summed E-state index contributed by atoms with van der Waals surface area (Å²) in [5.41, 5.74) is 0. The van der Waals surface area contributed by atoms with Gasteiger partial charge in [0.05, 0.1) is 6.54 Å². The van der Waals surface area contributed by atoms with E-state index in [0.29, 0.717) is 17.6 Å². The molecular formula is C16H18FNO3S. The topological polar surface area (TPSA) is 50.5 Å². The molecule has 0 bridgehead atoms. The maximum atomic E-state index is 13.7. The second kappa shape index (κ2) is 5.52. The first-order valence-corrected chi connectivity index (χ1v) is 8.63. The molecule has 1 aromatic heterocycles. The van der Waals surface area contributed by atoms with Crippen molar-refractivity contribution in [3.05, 3.63) is 53.7 Å². The van der Waals surface area contributed by atoms with E-state index in [-0.39, 0.29) is 11.4 Å². The third-order valence-electron chi connectivity index (χ3n) is 4.06. The van der Waals surface area contributed by atoms with E-state index in [2.05, 4.69) is 6.92 Å². The SMILES string of the molecule is C[C@H]1C[C@H]1c1ccc(CN(C)S(=O)(=O)c2ccccc2F)o1. The summed E-state index contributed by atoms with van der Waals surface area (Å²) in [5, 5.41) is 0. The predicted molar refractivity (Wildman–Crippen MR) is 80.3 cm³/mol. The van der Waals surface area contributed by atoms with E-state index in [9.17, 15) is 12.8 Å². The fourth-order valence-corrected chi connectivity index (χ4v) is 3.72. The highest BCUT2D eigenvalue weighted by atomic mass is 32.2. The third kappa shape index (κ3) is 2.80. The molecular weight excluding hydrogens is 305 g/mol. The van der Waals surface area contributed by atoms with Gasteiger partial charge in [-0.3, -0.25) is 0 Å². The smallest absolute Gasteiger partial charge is 0.246 e. The third-order valence-corrected chi connectivity index (χ3v) is 5.90. The molecule has 2 atom stereocenters. The van der Waals surface area contributed by atoms with Crippen LogP contribution in [0.1, 0.15) is 30.8 Å². The molecule has 0 N–H and O–H groups in total. The molecule has 4 nitrogen and oxygen atoms in total. The van der Waals surface area contributed by atoms with Crippen LogP contribution in [0.3, 0.4) is 0 Å². The molecule has 0 saturated heterocycles. The summed E-state index contributed by atoms with van der Waals surface area (Å²) < 4.78 is 45.3. The van der Waals surface area contributed by atoms with E-state index < -0.39 is 15.8 Å². The number of sulfonamides is 1. The van der Waals surface area contributed by atoms with Crippen LogP contribution in [0.4, 0.5) is 4.39 Å². The zero-order valence-electron chi connectivity index (χ0n) is 12.5. The van der Waals surface area contributed by atoms with Crippen molar-refractivity contribution in [3.8, 4) is 0 Å². The molecule has 0 unspecified atom stereocenters. The second-order valence-electron chi connectivity index (χ2n) is 5.82. The highest BCUT2D eigenvalue weighted by Gasteiger charge is 2.36. The van der Waals surface area contributed by atoms with Crippen molar-refractivity contribution < 1.29 is 17.2 Å². The van der Waals surface area contributed by atoms with Gasteiger partial charge < -0.3 is 4.42 Å². The summed E-state index contributed by atoms with van der Waals surface area (Å²) in [4.78, 5) is -0.319. The Labute approximate surface area is 129 Å². The quantitative estimate of drug-likeness (QED) is 0.848. The Kier molecular flexibility index (Phi) is 3.82. The van der Waals surface area contributed by atoms with E-state index >= 15 is 0 Å². The Morgan fingerprint density at radius 2 is 1.95 bits per heavy atom. The van der Waals surface area contributed by atoms with Crippen molar-refractivity contribution in [2.75, 3.05) is 7.05 Å². The van der Waals surface area contributed by atoms with E-state index in [4.69, 9.17) is 4.42 Å². The van der Waals surface area contributed by atoms with Gasteiger partial charge in [0.25, 0.3) is 0 Å². The molecule has 1 saturated carbocycles. The number of benzene rings is 1. The molecule has 1 aromatic carbocycles. The number of hydrogen-bond acceptors (Lipinski definition) is 3. The van der Waals surface area contributed by atoms with Crippen LogP contribution in [0.15, 0.2) is 45.7 Å². The highest BCUT2D eigenvalue weighted by Crippen LogP contribution is 2.47. The van der Waals surface area contributed by atoms with Crippen LogP contribution in [0, 0.1) is 11.7 Å². The van der Waals surface area contributed by atoms with Crippen molar-refractivity contribution in [1.29, 1.82) is 0 Å². The normalized spacial score (nSPS) is 21.3. The van der Waals surface area contributed by atoms with Crippen LogP contribution >= 0.6 is 0 Å². The Hall–Kier alpha value is -1.66. The van der Waals surface area contributed by atoms with E-state index in [1.807, 2.05) is 6.07 Å². The largest absolute Gasteiger partial charge is 0.464 e. The van der Waals surface area contributed by atoms with Crippen molar-refractivity contribution in [1.82, 2.24) is 4.31 Å². The molecule has 1 aliphatic carbocycles. The first-order chi connectivity index (χ1) is 10.4. The summed E-state index contributed by atoms with van der Waals surface area (Å²) in [7, 11) is -2.46. The van der Waals surface area contributed by atoms with Crippen LogP contribution in [-0.4, -0.2) is 19.8 Å². The lowest BCUT2D eigenvalue weighted by molar-refractivity contribution is 0.388. The lowest BCUT2D eigenvalue weighted by Gasteiger charge is -2.16. The number of nitrogens with zero attached hydrogens (tertiary/aromatic N) is 1. The number of halogens is 1. The summed E-state index contributed by atoms with van der Waals surface area (Å²) >= 11 is 0. The molecule has 0 radical (unpaired) electrons. The molecule has 0 spiro atoms. The minimum atomic E-state index is -3.88. The maximum Gasteiger partial charge on any atom is 0.246 e. The van der Waals surface area contributed by atoms with Crippen LogP contribution < -0.4 is 0 Å². The zero-order valence-corrected chi connectivity index (χ0v) is 13.3. The molecule has 6 heteroatoms. The van der Waals surface area contributed by atoms with Gasteiger partial charge in [0.1, 0.15) is 22.2 Å². The molecule has 118 valence electrons. The van der Waals surface area contributed by atoms with Gasteiger partial charge in [0, 0.05) is 13.0 Å². The first-order valence-electron chi connectivity index (χ1n) is 7.19. The van der Waals surface area contributed by atoms with Crippen molar-refractivity contribution in [2.24, 2.45) is 5.92 Å². The summed E-state index contributed by atoms with van der Waals surface area (Å²) in [6.45, 7) is 2.24. The fraction of sp³-hybridized carbons (Fsp3) is 0.375. The van der Waals surface area contributed by atoms with Crippen LogP contribution in [0.2, 0.25) is 0 Å². The lowest BCUT2D eigenvalue weighted by Crippen LogP contribution is -2.27. The molecule has 2 aromatic rings. The molecule has 0 amide bonds. The van der Waals surface area contributed by atoms with Crippen LogP contribution in [0.5, 0.6) is 0 Å². The minimum Gasteiger partial charge on any atom is -0.464 e.